The van der Waals surface area contributed by atoms with E-state index in [-0.39, 0.29) is 25.6 Å². The minimum absolute atomic E-state index is 0.0347. The molecule has 0 aromatic heterocycles. The van der Waals surface area contributed by atoms with Crippen molar-refractivity contribution in [3.63, 3.8) is 0 Å². The minimum atomic E-state index is -4.37. The van der Waals surface area contributed by atoms with E-state index in [1.807, 2.05) is 21.1 Å². The van der Waals surface area contributed by atoms with Crippen molar-refractivity contribution in [1.29, 1.82) is 0 Å². The second-order valence-corrected chi connectivity index (χ2v) is 19.0. The van der Waals surface area contributed by atoms with E-state index < -0.39 is 26.5 Å². The number of phosphoric acid groups is 1. The third kappa shape index (κ3) is 44.1. The maximum Gasteiger partial charge on any atom is 0.472 e. The normalized spacial score (nSPS) is 13.6. The lowest BCUT2D eigenvalue weighted by molar-refractivity contribution is -0.870. The Morgan fingerprint density at radius 3 is 1.32 bits per heavy atom. The molecule has 0 bridgehead atoms. The molecule has 0 rings (SSSR count). The first kappa shape index (κ1) is 55.8. The predicted molar refractivity (Wildman–Crippen MR) is 238 cm³/mol. The molecule has 338 valence electrons. The predicted octanol–water partition coefficient (Wildman–Crippen LogP) is 13.8. The first-order valence-corrected chi connectivity index (χ1v) is 25.4. The highest BCUT2D eigenvalue weighted by Crippen LogP contribution is 2.43. The average molecular weight is 831 g/mol. The number of rotatable bonds is 44. The second kappa shape index (κ2) is 40.2. The Morgan fingerprint density at radius 2 is 0.895 bits per heavy atom. The van der Waals surface area contributed by atoms with E-state index >= 15 is 0 Å². The van der Waals surface area contributed by atoms with E-state index in [2.05, 4.69) is 26.0 Å². The third-order valence-electron chi connectivity index (χ3n) is 10.5. The van der Waals surface area contributed by atoms with Gasteiger partial charge in [-0.2, -0.15) is 0 Å². The number of unbranched alkanes of at least 4 members (excludes halogenated alkanes) is 28. The highest BCUT2D eigenvalue weighted by atomic mass is 31.2. The Kier molecular flexibility index (Phi) is 39.3. The van der Waals surface area contributed by atoms with Gasteiger partial charge in [0.05, 0.1) is 27.7 Å². The monoisotopic (exact) mass is 831 g/mol. The van der Waals surface area contributed by atoms with Gasteiger partial charge in [-0.1, -0.05) is 187 Å². The van der Waals surface area contributed by atoms with Crippen molar-refractivity contribution >= 4 is 19.8 Å². The molecule has 0 spiro atoms. The van der Waals surface area contributed by atoms with Crippen LogP contribution in [0.4, 0.5) is 0 Å². The summed E-state index contributed by atoms with van der Waals surface area (Å²) in [4.78, 5) is 35.4. The summed E-state index contributed by atoms with van der Waals surface area (Å²) in [5.41, 5.74) is 0. The molecule has 0 aliphatic carbocycles. The fourth-order valence-electron chi connectivity index (χ4n) is 6.77. The van der Waals surface area contributed by atoms with E-state index in [9.17, 15) is 19.0 Å². The highest BCUT2D eigenvalue weighted by Gasteiger charge is 2.27. The molecule has 9 nitrogen and oxygen atoms in total. The molecule has 1 N–H and O–H groups in total. The van der Waals surface area contributed by atoms with Gasteiger partial charge in [-0.3, -0.25) is 18.6 Å². The van der Waals surface area contributed by atoms with Crippen molar-refractivity contribution in [1.82, 2.24) is 0 Å². The van der Waals surface area contributed by atoms with Crippen LogP contribution < -0.4 is 0 Å². The summed E-state index contributed by atoms with van der Waals surface area (Å²) in [7, 11) is 1.49. The molecule has 0 aromatic carbocycles. The van der Waals surface area contributed by atoms with E-state index in [1.54, 1.807) is 0 Å². The second-order valence-electron chi connectivity index (χ2n) is 17.5. The Bertz CT molecular complexity index is 985. The minimum Gasteiger partial charge on any atom is -0.462 e. The first-order chi connectivity index (χ1) is 27.5. The van der Waals surface area contributed by atoms with E-state index in [0.717, 1.165) is 32.1 Å². The topological polar surface area (TPSA) is 108 Å². The number of likely N-dealkylation sites (N-methyl/N-ethyl adjacent to an activating group) is 1. The van der Waals surface area contributed by atoms with Gasteiger partial charge in [0.15, 0.2) is 6.10 Å². The number of phosphoric ester groups is 1. The highest BCUT2D eigenvalue weighted by molar-refractivity contribution is 7.47. The molecule has 0 aromatic rings. The smallest absolute Gasteiger partial charge is 0.462 e. The molecule has 0 aliphatic heterocycles. The van der Waals surface area contributed by atoms with Crippen LogP contribution in [0.15, 0.2) is 12.2 Å². The zero-order valence-corrected chi connectivity index (χ0v) is 39.0. The van der Waals surface area contributed by atoms with Crippen molar-refractivity contribution in [2.75, 3.05) is 47.5 Å². The summed E-state index contributed by atoms with van der Waals surface area (Å²) < 4.78 is 34.4. The summed E-state index contributed by atoms with van der Waals surface area (Å²) in [5.74, 6) is -0.788. The molecule has 0 radical (unpaired) electrons. The van der Waals surface area contributed by atoms with Gasteiger partial charge in [-0.15, -0.1) is 0 Å². The Labute approximate surface area is 352 Å². The first-order valence-electron chi connectivity index (χ1n) is 23.9. The Morgan fingerprint density at radius 1 is 0.526 bits per heavy atom. The van der Waals surface area contributed by atoms with E-state index in [0.29, 0.717) is 23.9 Å². The number of carbonyl (C=O) groups excluding carboxylic acids is 2. The Hall–Kier alpha value is -1.25. The van der Waals surface area contributed by atoms with E-state index in [4.69, 9.17) is 18.5 Å². The SMILES string of the molecule is CCCCCC/C=C/CCCCCCCCCCCC(=O)O[C@H](COC(=O)CCCCCCCCCCCCCCCCCC)COP(=O)(O)OCC[N+](C)(C)C. The maximum absolute atomic E-state index is 12.7. The number of ether oxygens (including phenoxy) is 2. The van der Waals surface area contributed by atoms with Gasteiger partial charge in [0, 0.05) is 12.8 Å². The van der Waals surface area contributed by atoms with Gasteiger partial charge < -0.3 is 18.9 Å². The number of carbonyl (C=O) groups is 2. The van der Waals surface area contributed by atoms with Crippen LogP contribution in [-0.2, 0) is 32.7 Å². The largest absolute Gasteiger partial charge is 0.472 e. The van der Waals surface area contributed by atoms with Crippen molar-refractivity contribution in [2.45, 2.75) is 232 Å². The lowest BCUT2D eigenvalue weighted by Gasteiger charge is -2.24. The molecule has 0 aliphatic rings. The summed E-state index contributed by atoms with van der Waals surface area (Å²) in [6, 6.07) is 0. The number of nitrogens with zero attached hydrogens (tertiary/aromatic N) is 1. The van der Waals surface area contributed by atoms with Crippen LogP contribution in [0.25, 0.3) is 0 Å². The molecule has 0 saturated carbocycles. The van der Waals surface area contributed by atoms with Gasteiger partial charge in [0.25, 0.3) is 0 Å². The molecule has 0 heterocycles. The summed E-state index contributed by atoms with van der Waals surface area (Å²) in [6.45, 7) is 4.45. The van der Waals surface area contributed by atoms with Gasteiger partial charge in [-0.05, 0) is 38.5 Å². The molecule has 0 amide bonds. The molecule has 0 saturated heterocycles. The zero-order chi connectivity index (χ0) is 42.1. The molecule has 57 heavy (non-hydrogen) atoms. The van der Waals surface area contributed by atoms with Crippen LogP contribution in [0.1, 0.15) is 226 Å². The van der Waals surface area contributed by atoms with E-state index in [1.165, 1.54) is 161 Å². The molecule has 1 unspecified atom stereocenters. The molecule has 2 atom stereocenters. The van der Waals surface area contributed by atoms with Crippen molar-refractivity contribution in [3.8, 4) is 0 Å². The summed E-state index contributed by atoms with van der Waals surface area (Å²) in [5, 5.41) is 0. The van der Waals surface area contributed by atoms with Crippen molar-refractivity contribution < 1.29 is 42.1 Å². The van der Waals surface area contributed by atoms with Crippen LogP contribution in [0, 0.1) is 0 Å². The zero-order valence-electron chi connectivity index (χ0n) is 38.1. The quantitative estimate of drug-likeness (QED) is 0.0213. The number of hydrogen-bond acceptors (Lipinski definition) is 7. The van der Waals surface area contributed by atoms with Gasteiger partial charge in [0.1, 0.15) is 19.8 Å². The van der Waals surface area contributed by atoms with Gasteiger partial charge >= 0.3 is 19.8 Å². The average Bonchev–Trinajstić information content (AvgIpc) is 3.16. The number of quaternary nitrogens is 1. The molecular weight excluding hydrogens is 737 g/mol. The van der Waals surface area contributed by atoms with Crippen LogP contribution in [0.2, 0.25) is 0 Å². The standard InChI is InChI=1S/C47H92NO8P/c1-6-8-10-12-14-16-18-20-22-24-26-28-30-32-34-36-38-40-47(50)56-45(44-55-57(51,52)54-42-41-48(3,4)5)43-53-46(49)39-37-35-33-31-29-27-25-23-21-19-17-15-13-11-9-7-2/h16,18,45H,6-15,17,19-44H2,1-5H3/p+1/b18-16+/t45-/m1/s1. The van der Waals surface area contributed by atoms with Crippen LogP contribution in [0.3, 0.4) is 0 Å². The third-order valence-corrected chi connectivity index (χ3v) is 11.5. The fourth-order valence-corrected chi connectivity index (χ4v) is 7.52. The number of allylic oxidation sites excluding steroid dienone is 2. The van der Waals surface area contributed by atoms with Crippen molar-refractivity contribution in [3.05, 3.63) is 12.2 Å². The summed E-state index contributed by atoms with van der Waals surface area (Å²) >= 11 is 0. The Balaban J connectivity index is 4.28. The van der Waals surface area contributed by atoms with Crippen LogP contribution in [0.5, 0.6) is 0 Å². The number of esters is 2. The molecule has 10 heteroatoms. The molecular formula is C47H93NO8P+. The lowest BCUT2D eigenvalue weighted by Crippen LogP contribution is -2.37. The fraction of sp³-hybridized carbons (Fsp3) is 0.915. The lowest BCUT2D eigenvalue weighted by atomic mass is 10.0. The van der Waals surface area contributed by atoms with Crippen LogP contribution in [-0.4, -0.2) is 74.9 Å². The molecule has 0 fully saturated rings. The van der Waals surface area contributed by atoms with Gasteiger partial charge in [0.2, 0.25) is 0 Å². The van der Waals surface area contributed by atoms with Crippen LogP contribution >= 0.6 is 7.82 Å². The summed E-state index contributed by atoms with van der Waals surface area (Å²) in [6.07, 6.45) is 42.5. The van der Waals surface area contributed by atoms with Crippen molar-refractivity contribution in [2.24, 2.45) is 0 Å². The number of hydrogen-bond donors (Lipinski definition) is 1. The van der Waals surface area contributed by atoms with Gasteiger partial charge in [-0.25, -0.2) is 4.57 Å². The maximum atomic E-state index is 12.7.